The van der Waals surface area contributed by atoms with Crippen molar-refractivity contribution in [1.82, 2.24) is 10.6 Å². The largest absolute Gasteiger partial charge is 0.481 e. The number of rotatable bonds is 9. The molecule has 2 aliphatic carbocycles. The minimum atomic E-state index is -0.979. The number of hydrogen-bond donors (Lipinski definition) is 3. The van der Waals surface area contributed by atoms with Crippen molar-refractivity contribution in [3.8, 4) is 11.1 Å². The smallest absolute Gasteiger partial charge is 0.407 e. The number of alkyl carbamates (subject to hydrolysis) is 1. The van der Waals surface area contributed by atoms with Crippen LogP contribution in [0.2, 0.25) is 0 Å². The van der Waals surface area contributed by atoms with Gasteiger partial charge in [-0.1, -0.05) is 55.0 Å². The number of fused-ring (bicyclic) bond motifs is 3. The molecule has 1 fully saturated rings. The Morgan fingerprint density at radius 1 is 1.09 bits per heavy atom. The Labute approximate surface area is 205 Å². The van der Waals surface area contributed by atoms with Crippen LogP contribution >= 0.6 is 0 Å². The summed E-state index contributed by atoms with van der Waals surface area (Å²) in [5, 5.41) is 15.1. The Bertz CT molecular complexity index is 1060. The van der Waals surface area contributed by atoms with Gasteiger partial charge in [0.1, 0.15) is 12.7 Å². The normalized spacial score (nSPS) is 21.6. The third-order valence-electron chi connectivity index (χ3n) is 7.36. The van der Waals surface area contributed by atoms with Gasteiger partial charge in [-0.15, -0.1) is 0 Å². The van der Waals surface area contributed by atoms with Crippen LogP contribution in [0.5, 0.6) is 0 Å². The molecule has 3 atom stereocenters. The molecule has 2 amide bonds. The molecule has 8 heteroatoms. The Hall–Kier alpha value is -3.39. The van der Waals surface area contributed by atoms with Crippen LogP contribution in [0.4, 0.5) is 4.79 Å². The average Bonchev–Trinajstić information content (AvgIpc) is 3.39. The number of methoxy groups -OCH3 is 1. The van der Waals surface area contributed by atoms with Gasteiger partial charge < -0.3 is 25.2 Å². The van der Waals surface area contributed by atoms with E-state index in [0.717, 1.165) is 28.7 Å². The highest BCUT2D eigenvalue weighted by Gasteiger charge is 2.46. The summed E-state index contributed by atoms with van der Waals surface area (Å²) in [6, 6.07) is 15.8. The second kappa shape index (κ2) is 10.5. The summed E-state index contributed by atoms with van der Waals surface area (Å²) in [4.78, 5) is 36.7. The summed E-state index contributed by atoms with van der Waals surface area (Å²) in [7, 11) is 1.42. The quantitative estimate of drug-likeness (QED) is 0.504. The van der Waals surface area contributed by atoms with Crippen LogP contribution in [0.1, 0.15) is 49.7 Å². The van der Waals surface area contributed by atoms with E-state index in [1.54, 1.807) is 6.92 Å². The molecule has 0 radical (unpaired) electrons. The molecule has 0 spiro atoms. The van der Waals surface area contributed by atoms with E-state index in [2.05, 4.69) is 34.9 Å². The predicted octanol–water partition coefficient (Wildman–Crippen LogP) is 3.69. The molecule has 4 rings (SSSR count). The highest BCUT2D eigenvalue weighted by atomic mass is 16.5. The Morgan fingerprint density at radius 3 is 2.31 bits per heavy atom. The van der Waals surface area contributed by atoms with E-state index in [0.29, 0.717) is 12.8 Å². The van der Waals surface area contributed by atoms with E-state index >= 15 is 0 Å². The number of carbonyl (C=O) groups excluding carboxylic acids is 2. The zero-order valence-corrected chi connectivity index (χ0v) is 20.1. The summed E-state index contributed by atoms with van der Waals surface area (Å²) in [5.41, 5.74) is 3.61. The summed E-state index contributed by atoms with van der Waals surface area (Å²) < 4.78 is 10.8. The van der Waals surface area contributed by atoms with Gasteiger partial charge >= 0.3 is 12.1 Å². The Kier molecular flexibility index (Phi) is 7.40. The van der Waals surface area contributed by atoms with Crippen LogP contribution in [-0.4, -0.2) is 55.5 Å². The van der Waals surface area contributed by atoms with Crippen LogP contribution in [0.15, 0.2) is 48.5 Å². The summed E-state index contributed by atoms with van der Waals surface area (Å²) in [6.45, 7) is 2.06. The van der Waals surface area contributed by atoms with Gasteiger partial charge in [0, 0.05) is 32.0 Å². The van der Waals surface area contributed by atoms with Crippen molar-refractivity contribution in [2.45, 2.75) is 50.7 Å². The number of carboxylic acid groups (broad SMARTS) is 1. The first-order valence-corrected chi connectivity index (χ1v) is 12.0. The zero-order valence-electron chi connectivity index (χ0n) is 20.1. The predicted molar refractivity (Wildman–Crippen MR) is 130 cm³/mol. The minimum Gasteiger partial charge on any atom is -0.481 e. The first-order valence-electron chi connectivity index (χ1n) is 12.0. The van der Waals surface area contributed by atoms with Crippen LogP contribution in [0.3, 0.4) is 0 Å². The molecular formula is C27H32N2O6. The van der Waals surface area contributed by atoms with Crippen molar-refractivity contribution < 1.29 is 29.0 Å². The maximum Gasteiger partial charge on any atom is 0.407 e. The van der Waals surface area contributed by atoms with Crippen molar-refractivity contribution in [2.24, 2.45) is 5.41 Å². The number of aliphatic carboxylic acids is 1. The number of carbonyl (C=O) groups is 3. The molecule has 0 saturated heterocycles. The third kappa shape index (κ3) is 5.03. The standard InChI is InChI=1S/C27H32N2O6/c1-27(25(31)32)14-7-12-23(27)29-24(30)22(34-2)13-15-28-26(33)35-16-21-19-10-5-3-8-17(19)18-9-4-6-11-20(18)21/h3-6,8-11,21-23H,7,12-16H2,1-2H3,(H,28,33)(H,29,30)(H,31,32). The maximum absolute atomic E-state index is 12.7. The molecule has 0 heterocycles. The van der Waals surface area contributed by atoms with Gasteiger partial charge in [-0.2, -0.15) is 0 Å². The molecule has 2 aromatic carbocycles. The average molecular weight is 481 g/mol. The van der Waals surface area contributed by atoms with E-state index in [1.807, 2.05) is 24.3 Å². The SMILES string of the molecule is COC(CCNC(=O)OCC1c2ccccc2-c2ccccc21)C(=O)NC1CCCC1(C)C(=O)O. The number of carboxylic acids is 1. The first-order chi connectivity index (χ1) is 16.8. The van der Waals surface area contributed by atoms with E-state index in [9.17, 15) is 19.5 Å². The Morgan fingerprint density at radius 2 is 1.71 bits per heavy atom. The summed E-state index contributed by atoms with van der Waals surface area (Å²) in [5.74, 6) is -1.31. The van der Waals surface area contributed by atoms with Gasteiger partial charge in [-0.25, -0.2) is 4.79 Å². The van der Waals surface area contributed by atoms with Crippen molar-refractivity contribution in [2.75, 3.05) is 20.3 Å². The fourth-order valence-corrected chi connectivity index (χ4v) is 5.23. The number of ether oxygens (including phenoxy) is 2. The molecular weight excluding hydrogens is 448 g/mol. The molecule has 2 aliphatic rings. The lowest BCUT2D eigenvalue weighted by atomic mass is 9.85. The molecule has 3 unspecified atom stereocenters. The number of benzene rings is 2. The molecule has 0 bridgehead atoms. The van der Waals surface area contributed by atoms with Gasteiger partial charge in [0.25, 0.3) is 0 Å². The monoisotopic (exact) mass is 480 g/mol. The van der Waals surface area contributed by atoms with E-state index in [4.69, 9.17) is 9.47 Å². The topological polar surface area (TPSA) is 114 Å². The van der Waals surface area contributed by atoms with E-state index in [1.165, 1.54) is 7.11 Å². The van der Waals surface area contributed by atoms with Crippen molar-refractivity contribution in [1.29, 1.82) is 0 Å². The lowest BCUT2D eigenvalue weighted by molar-refractivity contribution is -0.149. The zero-order chi connectivity index (χ0) is 25.0. The molecule has 2 aromatic rings. The number of hydrogen-bond acceptors (Lipinski definition) is 5. The summed E-state index contributed by atoms with van der Waals surface area (Å²) >= 11 is 0. The fraction of sp³-hybridized carbons (Fsp3) is 0.444. The molecule has 186 valence electrons. The molecule has 3 N–H and O–H groups in total. The lowest BCUT2D eigenvalue weighted by Crippen LogP contribution is -2.50. The van der Waals surface area contributed by atoms with Gasteiger partial charge in [0.15, 0.2) is 0 Å². The number of nitrogens with one attached hydrogen (secondary N) is 2. The van der Waals surface area contributed by atoms with Crippen LogP contribution in [-0.2, 0) is 19.1 Å². The molecule has 1 saturated carbocycles. The van der Waals surface area contributed by atoms with Crippen molar-refractivity contribution in [3.05, 3.63) is 59.7 Å². The third-order valence-corrected chi connectivity index (χ3v) is 7.36. The fourth-order valence-electron chi connectivity index (χ4n) is 5.23. The number of amides is 2. The second-order valence-corrected chi connectivity index (χ2v) is 9.44. The highest BCUT2D eigenvalue weighted by Crippen LogP contribution is 2.44. The van der Waals surface area contributed by atoms with Crippen LogP contribution < -0.4 is 10.6 Å². The lowest BCUT2D eigenvalue weighted by Gasteiger charge is -2.29. The molecule has 35 heavy (non-hydrogen) atoms. The van der Waals surface area contributed by atoms with Gasteiger partial charge in [-0.3, -0.25) is 9.59 Å². The maximum atomic E-state index is 12.7. The second-order valence-electron chi connectivity index (χ2n) is 9.44. The van der Waals surface area contributed by atoms with Crippen LogP contribution in [0, 0.1) is 5.41 Å². The van der Waals surface area contributed by atoms with Gasteiger partial charge in [0.2, 0.25) is 5.91 Å². The molecule has 8 nitrogen and oxygen atoms in total. The summed E-state index contributed by atoms with van der Waals surface area (Å²) in [6.07, 6.45) is 0.758. The van der Waals surface area contributed by atoms with Gasteiger partial charge in [0.05, 0.1) is 5.41 Å². The van der Waals surface area contributed by atoms with Crippen molar-refractivity contribution >= 4 is 18.0 Å². The molecule has 0 aliphatic heterocycles. The molecule has 0 aromatic heterocycles. The van der Waals surface area contributed by atoms with E-state index in [-0.39, 0.29) is 31.4 Å². The Balaban J connectivity index is 1.26. The van der Waals surface area contributed by atoms with Gasteiger partial charge in [-0.05, 0) is 42.0 Å². The highest BCUT2D eigenvalue weighted by molar-refractivity contribution is 5.83. The van der Waals surface area contributed by atoms with Crippen molar-refractivity contribution in [3.63, 3.8) is 0 Å². The first kappa shape index (κ1) is 24.7. The minimum absolute atomic E-state index is 0.0272. The van der Waals surface area contributed by atoms with E-state index < -0.39 is 29.6 Å². The van der Waals surface area contributed by atoms with Crippen LogP contribution in [0.25, 0.3) is 11.1 Å².